The average Bonchev–Trinajstić information content (AvgIpc) is 3.23. The zero-order valence-electron chi connectivity index (χ0n) is 16.0. The molecule has 0 spiro atoms. The van der Waals surface area contributed by atoms with Crippen molar-refractivity contribution in [3.05, 3.63) is 88.9 Å². The minimum Gasteiger partial charge on any atom is -0.476 e. The summed E-state index contributed by atoms with van der Waals surface area (Å²) in [6.07, 6.45) is 1.10. The van der Waals surface area contributed by atoms with Crippen LogP contribution in [0.25, 0.3) is 11.4 Å². The molecule has 4 rings (SSSR count). The first kappa shape index (κ1) is 19.0. The van der Waals surface area contributed by atoms with Gasteiger partial charge in [0.2, 0.25) is 11.9 Å². The van der Waals surface area contributed by atoms with E-state index in [1.165, 1.54) is 0 Å². The maximum absolute atomic E-state index is 6.22. The molecule has 0 bridgehead atoms. The van der Waals surface area contributed by atoms with E-state index in [9.17, 15) is 0 Å². The highest BCUT2D eigenvalue weighted by Crippen LogP contribution is 2.31. The van der Waals surface area contributed by atoms with Gasteiger partial charge in [-0.05, 0) is 43.3 Å². The highest BCUT2D eigenvalue weighted by Gasteiger charge is 2.25. The third-order valence-electron chi connectivity index (χ3n) is 4.38. The van der Waals surface area contributed by atoms with Gasteiger partial charge in [0.05, 0.1) is 5.56 Å². The second-order valence-electron chi connectivity index (χ2n) is 6.47. The van der Waals surface area contributed by atoms with Crippen LogP contribution in [0.15, 0.2) is 71.4 Å². The molecule has 7 heteroatoms. The molecule has 6 nitrogen and oxygen atoms in total. The van der Waals surface area contributed by atoms with E-state index in [1.54, 1.807) is 13.2 Å². The number of hydrogen-bond acceptors (Lipinski definition) is 6. The van der Waals surface area contributed by atoms with E-state index in [2.05, 4.69) is 20.4 Å². The van der Waals surface area contributed by atoms with Crippen LogP contribution in [0, 0.1) is 6.92 Å². The molecule has 4 aromatic rings. The van der Waals surface area contributed by atoms with Crippen molar-refractivity contribution in [2.45, 2.75) is 13.0 Å². The summed E-state index contributed by atoms with van der Waals surface area (Å²) in [7, 11) is 1.79. The van der Waals surface area contributed by atoms with Gasteiger partial charge in [0.1, 0.15) is 11.6 Å². The van der Waals surface area contributed by atoms with E-state index in [0.717, 1.165) is 16.7 Å². The Morgan fingerprint density at radius 3 is 2.66 bits per heavy atom. The first-order chi connectivity index (χ1) is 14.1. The van der Waals surface area contributed by atoms with Crippen molar-refractivity contribution in [2.75, 3.05) is 12.4 Å². The zero-order valence-corrected chi connectivity index (χ0v) is 16.7. The van der Waals surface area contributed by atoms with Crippen molar-refractivity contribution in [2.24, 2.45) is 0 Å². The Hall–Kier alpha value is -3.38. The first-order valence-corrected chi connectivity index (χ1v) is 9.47. The van der Waals surface area contributed by atoms with Crippen molar-refractivity contribution in [3.8, 4) is 17.1 Å². The van der Waals surface area contributed by atoms with E-state index in [1.807, 2.05) is 67.6 Å². The number of nitrogens with one attached hydrogen (secondary N) is 1. The molecule has 29 heavy (non-hydrogen) atoms. The number of rotatable bonds is 6. The fourth-order valence-corrected chi connectivity index (χ4v) is 3.12. The lowest BCUT2D eigenvalue weighted by molar-refractivity contribution is 0.193. The van der Waals surface area contributed by atoms with Gasteiger partial charge < -0.3 is 14.6 Å². The van der Waals surface area contributed by atoms with Crippen molar-refractivity contribution < 1.29 is 9.26 Å². The molecule has 146 valence electrons. The predicted molar refractivity (Wildman–Crippen MR) is 112 cm³/mol. The summed E-state index contributed by atoms with van der Waals surface area (Å²) >= 11 is 6.20. The number of ether oxygens (including phenoxy) is 1. The molecule has 1 N–H and O–H groups in total. The Balaban J connectivity index is 1.73. The van der Waals surface area contributed by atoms with Gasteiger partial charge in [-0.15, -0.1) is 0 Å². The summed E-state index contributed by atoms with van der Waals surface area (Å²) in [6, 6.07) is 18.9. The van der Waals surface area contributed by atoms with Crippen molar-refractivity contribution >= 4 is 17.4 Å². The Morgan fingerprint density at radius 2 is 1.90 bits per heavy atom. The average molecular weight is 407 g/mol. The summed E-state index contributed by atoms with van der Waals surface area (Å²) in [6.45, 7) is 2.02. The smallest absolute Gasteiger partial charge is 0.272 e. The van der Waals surface area contributed by atoms with Crippen molar-refractivity contribution in [3.63, 3.8) is 0 Å². The number of benzene rings is 2. The van der Waals surface area contributed by atoms with Crippen molar-refractivity contribution in [1.82, 2.24) is 15.1 Å². The minimum atomic E-state index is -0.604. The lowest BCUT2D eigenvalue weighted by Crippen LogP contribution is -2.10. The molecule has 1 unspecified atom stereocenters. The van der Waals surface area contributed by atoms with Crippen LogP contribution in [0.1, 0.15) is 23.1 Å². The molecule has 0 aliphatic rings. The van der Waals surface area contributed by atoms with E-state index in [4.69, 9.17) is 20.9 Å². The molecule has 0 saturated carbocycles. The third kappa shape index (κ3) is 4.22. The molecule has 0 aliphatic carbocycles. The molecular formula is C22H19ClN4O2. The molecular weight excluding hydrogens is 388 g/mol. The maximum Gasteiger partial charge on any atom is 0.272 e. The molecule has 2 heterocycles. The van der Waals surface area contributed by atoms with Crippen LogP contribution < -0.4 is 10.1 Å². The highest BCUT2D eigenvalue weighted by molar-refractivity contribution is 6.30. The predicted octanol–water partition coefficient (Wildman–Crippen LogP) is 5.30. The lowest BCUT2D eigenvalue weighted by Gasteiger charge is -2.16. The van der Waals surface area contributed by atoms with Gasteiger partial charge >= 0.3 is 0 Å². The Bertz CT molecular complexity index is 1110. The van der Waals surface area contributed by atoms with E-state index < -0.39 is 6.10 Å². The fraction of sp³-hybridized carbons (Fsp3) is 0.136. The number of pyridine rings is 1. The van der Waals surface area contributed by atoms with Gasteiger partial charge in [-0.3, -0.25) is 0 Å². The Kier molecular flexibility index (Phi) is 5.44. The summed E-state index contributed by atoms with van der Waals surface area (Å²) in [4.78, 5) is 8.88. The van der Waals surface area contributed by atoms with Crippen LogP contribution in [-0.2, 0) is 0 Å². The SMILES string of the molecule is CNc1ncccc1-c1noc(C(Oc2ccc(C)cc2)c2cccc(Cl)c2)n1. The number of aromatic nitrogens is 3. The van der Waals surface area contributed by atoms with Crippen LogP contribution >= 0.6 is 11.6 Å². The van der Waals surface area contributed by atoms with Gasteiger partial charge in [0, 0.05) is 23.8 Å². The topological polar surface area (TPSA) is 73.1 Å². The molecule has 0 fully saturated rings. The Morgan fingerprint density at radius 1 is 1.07 bits per heavy atom. The number of halogens is 1. The zero-order chi connectivity index (χ0) is 20.2. The van der Waals surface area contributed by atoms with Crippen LogP contribution in [0.4, 0.5) is 5.82 Å². The standard InChI is InChI=1S/C22H19ClN4O2/c1-14-8-10-17(11-9-14)28-19(15-5-3-6-16(23)13-15)22-26-21(27-29-22)18-7-4-12-25-20(18)24-2/h3-13,19H,1-2H3,(H,24,25). The fourth-order valence-electron chi connectivity index (χ4n) is 2.92. The Labute approximate surface area is 173 Å². The maximum atomic E-state index is 6.22. The molecule has 0 amide bonds. The monoisotopic (exact) mass is 406 g/mol. The second kappa shape index (κ2) is 8.32. The van der Waals surface area contributed by atoms with Crippen LogP contribution in [0.3, 0.4) is 0 Å². The molecule has 2 aromatic carbocycles. The lowest BCUT2D eigenvalue weighted by atomic mass is 10.1. The summed E-state index contributed by atoms with van der Waals surface area (Å²) in [5.41, 5.74) is 2.70. The van der Waals surface area contributed by atoms with E-state index in [-0.39, 0.29) is 0 Å². The number of aryl methyl sites for hydroxylation is 1. The normalized spacial score (nSPS) is 11.8. The quantitative estimate of drug-likeness (QED) is 0.468. The second-order valence-corrected chi connectivity index (χ2v) is 6.91. The van der Waals surface area contributed by atoms with Gasteiger partial charge in [0.25, 0.3) is 5.89 Å². The van der Waals surface area contributed by atoms with Crippen LogP contribution in [0.2, 0.25) is 5.02 Å². The number of hydrogen-bond donors (Lipinski definition) is 1. The van der Waals surface area contributed by atoms with Crippen LogP contribution in [0.5, 0.6) is 5.75 Å². The molecule has 1 atom stereocenters. The third-order valence-corrected chi connectivity index (χ3v) is 4.61. The number of nitrogens with zero attached hydrogens (tertiary/aromatic N) is 3. The van der Waals surface area contributed by atoms with Gasteiger partial charge in [-0.2, -0.15) is 4.98 Å². The summed E-state index contributed by atoms with van der Waals surface area (Å²) in [5, 5.41) is 7.78. The molecule has 0 aliphatic heterocycles. The highest BCUT2D eigenvalue weighted by atomic mass is 35.5. The van der Waals surface area contributed by atoms with Gasteiger partial charge in [0.15, 0.2) is 0 Å². The van der Waals surface area contributed by atoms with Gasteiger partial charge in [-0.1, -0.05) is 46.6 Å². The van der Waals surface area contributed by atoms with E-state index >= 15 is 0 Å². The van der Waals surface area contributed by atoms with Crippen LogP contribution in [-0.4, -0.2) is 22.2 Å². The summed E-state index contributed by atoms with van der Waals surface area (Å²) in [5.74, 6) is 2.11. The largest absolute Gasteiger partial charge is 0.476 e. The van der Waals surface area contributed by atoms with E-state index in [0.29, 0.717) is 28.3 Å². The number of anilines is 1. The van der Waals surface area contributed by atoms with Crippen molar-refractivity contribution in [1.29, 1.82) is 0 Å². The first-order valence-electron chi connectivity index (χ1n) is 9.09. The summed E-state index contributed by atoms with van der Waals surface area (Å²) < 4.78 is 11.8. The molecule has 0 saturated heterocycles. The molecule has 0 radical (unpaired) electrons. The molecule has 2 aromatic heterocycles. The minimum absolute atomic E-state index is 0.328. The van der Waals surface area contributed by atoms with Gasteiger partial charge in [-0.25, -0.2) is 4.98 Å².